The summed E-state index contributed by atoms with van der Waals surface area (Å²) in [6.45, 7) is 0. The van der Waals surface area contributed by atoms with Gasteiger partial charge in [0.2, 0.25) is 0 Å². The summed E-state index contributed by atoms with van der Waals surface area (Å²) in [6, 6.07) is 3.98. The van der Waals surface area contributed by atoms with Crippen LogP contribution in [0.15, 0.2) is 18.2 Å². The largest absolute Gasteiger partial charge is 0.204 e. The lowest BCUT2D eigenvalue weighted by Crippen LogP contribution is -2.06. The van der Waals surface area contributed by atoms with Crippen molar-refractivity contribution in [3.05, 3.63) is 35.4 Å². The van der Waals surface area contributed by atoms with Gasteiger partial charge in [0.15, 0.2) is 11.6 Å². The zero-order valence-corrected chi connectivity index (χ0v) is 8.40. The Bertz CT molecular complexity index is 334. The molecule has 0 saturated heterocycles. The lowest BCUT2D eigenvalue weighted by atomic mass is 10.1. The maximum Gasteiger partial charge on any atom is 0.159 e. The zero-order chi connectivity index (χ0) is 10.1. The molecule has 0 heterocycles. The van der Waals surface area contributed by atoms with Crippen LogP contribution in [0, 0.1) is 17.6 Å². The summed E-state index contributed by atoms with van der Waals surface area (Å²) in [5.41, 5.74) is 0.774. The van der Waals surface area contributed by atoms with Crippen LogP contribution in [-0.2, 0) is 6.42 Å². The van der Waals surface area contributed by atoms with Crippen molar-refractivity contribution in [3.8, 4) is 0 Å². The third-order valence-electron chi connectivity index (χ3n) is 2.55. The Kier molecular flexibility index (Phi) is 2.73. The molecule has 1 aliphatic carbocycles. The number of hydrogen-bond acceptors (Lipinski definition) is 0. The Hall–Kier alpha value is -0.630. The molecule has 2 rings (SSSR count). The van der Waals surface area contributed by atoms with Crippen LogP contribution in [0.25, 0.3) is 0 Å². The summed E-state index contributed by atoms with van der Waals surface area (Å²) >= 11 is 6.09. The van der Waals surface area contributed by atoms with E-state index in [-0.39, 0.29) is 5.38 Å². The van der Waals surface area contributed by atoms with Gasteiger partial charge in [0.25, 0.3) is 0 Å². The molecule has 14 heavy (non-hydrogen) atoms. The van der Waals surface area contributed by atoms with Gasteiger partial charge in [-0.05, 0) is 42.9 Å². The third kappa shape index (κ3) is 2.24. The second-order valence-corrected chi connectivity index (χ2v) is 4.37. The van der Waals surface area contributed by atoms with Gasteiger partial charge in [0, 0.05) is 5.38 Å². The summed E-state index contributed by atoms with van der Waals surface area (Å²) in [5, 5.41) is 0.0693. The minimum Gasteiger partial charge on any atom is -0.204 e. The average molecular weight is 217 g/mol. The molecule has 1 fully saturated rings. The number of hydrogen-bond donors (Lipinski definition) is 0. The first-order chi connectivity index (χ1) is 6.66. The quantitative estimate of drug-likeness (QED) is 0.679. The Balaban J connectivity index is 2.04. The van der Waals surface area contributed by atoms with Crippen molar-refractivity contribution in [1.29, 1.82) is 0 Å². The van der Waals surface area contributed by atoms with E-state index in [0.717, 1.165) is 24.5 Å². The Morgan fingerprint density at radius 2 is 2.00 bits per heavy atom. The molecular formula is C11H11ClF2. The molecule has 0 nitrogen and oxygen atoms in total. The van der Waals surface area contributed by atoms with E-state index in [2.05, 4.69) is 0 Å². The first kappa shape index (κ1) is 9.91. The molecule has 1 saturated carbocycles. The van der Waals surface area contributed by atoms with Crippen LogP contribution in [-0.4, -0.2) is 5.38 Å². The second-order valence-electron chi connectivity index (χ2n) is 3.81. The molecule has 1 aromatic rings. The topological polar surface area (TPSA) is 0 Å². The third-order valence-corrected chi connectivity index (χ3v) is 3.06. The van der Waals surface area contributed by atoms with E-state index in [1.807, 2.05) is 0 Å². The molecule has 0 bridgehead atoms. The van der Waals surface area contributed by atoms with Gasteiger partial charge in [-0.15, -0.1) is 11.6 Å². The maximum atomic E-state index is 12.8. The fourth-order valence-electron chi connectivity index (χ4n) is 1.52. The van der Waals surface area contributed by atoms with Crippen molar-refractivity contribution < 1.29 is 8.78 Å². The SMILES string of the molecule is Fc1ccc(CC(Cl)C2CC2)cc1F. The van der Waals surface area contributed by atoms with Crippen molar-refractivity contribution in [3.63, 3.8) is 0 Å². The van der Waals surface area contributed by atoms with Crippen LogP contribution < -0.4 is 0 Å². The highest BCUT2D eigenvalue weighted by molar-refractivity contribution is 6.21. The van der Waals surface area contributed by atoms with Crippen LogP contribution in [0.1, 0.15) is 18.4 Å². The van der Waals surface area contributed by atoms with Crippen LogP contribution >= 0.6 is 11.6 Å². The summed E-state index contributed by atoms with van der Waals surface area (Å²) < 4.78 is 25.4. The molecular weight excluding hydrogens is 206 g/mol. The molecule has 1 aliphatic rings. The summed E-state index contributed by atoms with van der Waals surface area (Å²) in [7, 11) is 0. The van der Waals surface area contributed by atoms with E-state index < -0.39 is 11.6 Å². The molecule has 3 heteroatoms. The van der Waals surface area contributed by atoms with Crippen molar-refractivity contribution in [1.82, 2.24) is 0 Å². The summed E-state index contributed by atoms with van der Waals surface area (Å²) in [5.74, 6) is -1.02. The molecule has 76 valence electrons. The average Bonchev–Trinajstić information content (AvgIpc) is 2.94. The Labute approximate surface area is 86.9 Å². The van der Waals surface area contributed by atoms with E-state index in [0.29, 0.717) is 12.3 Å². The van der Waals surface area contributed by atoms with Crippen LogP contribution in [0.2, 0.25) is 0 Å². The fourth-order valence-corrected chi connectivity index (χ4v) is 1.95. The highest BCUT2D eigenvalue weighted by Crippen LogP contribution is 2.37. The van der Waals surface area contributed by atoms with Gasteiger partial charge in [-0.3, -0.25) is 0 Å². The number of alkyl halides is 1. The van der Waals surface area contributed by atoms with Crippen molar-refractivity contribution in [2.24, 2.45) is 5.92 Å². The molecule has 0 spiro atoms. The number of halogens is 3. The Morgan fingerprint density at radius 1 is 1.29 bits per heavy atom. The monoisotopic (exact) mass is 216 g/mol. The maximum absolute atomic E-state index is 12.8. The molecule has 0 amide bonds. The normalized spacial score (nSPS) is 18.2. The molecule has 0 aliphatic heterocycles. The first-order valence-corrected chi connectivity index (χ1v) is 5.18. The zero-order valence-electron chi connectivity index (χ0n) is 7.64. The van der Waals surface area contributed by atoms with Crippen LogP contribution in [0.3, 0.4) is 0 Å². The highest BCUT2D eigenvalue weighted by atomic mass is 35.5. The Morgan fingerprint density at radius 3 is 2.57 bits per heavy atom. The highest BCUT2D eigenvalue weighted by Gasteiger charge is 2.29. The lowest BCUT2D eigenvalue weighted by Gasteiger charge is -2.07. The minimum absolute atomic E-state index is 0.0693. The number of benzene rings is 1. The van der Waals surface area contributed by atoms with E-state index in [1.54, 1.807) is 6.07 Å². The van der Waals surface area contributed by atoms with Crippen LogP contribution in [0.4, 0.5) is 8.78 Å². The van der Waals surface area contributed by atoms with Gasteiger partial charge in [-0.1, -0.05) is 6.07 Å². The van der Waals surface area contributed by atoms with Crippen molar-refractivity contribution >= 4 is 11.6 Å². The van der Waals surface area contributed by atoms with E-state index in [1.165, 1.54) is 6.07 Å². The lowest BCUT2D eigenvalue weighted by molar-refractivity contribution is 0.506. The fraction of sp³-hybridized carbons (Fsp3) is 0.455. The van der Waals surface area contributed by atoms with Gasteiger partial charge in [0.1, 0.15) is 0 Å². The van der Waals surface area contributed by atoms with Crippen molar-refractivity contribution in [2.75, 3.05) is 0 Å². The smallest absolute Gasteiger partial charge is 0.159 e. The van der Waals surface area contributed by atoms with Gasteiger partial charge in [-0.2, -0.15) is 0 Å². The summed E-state index contributed by atoms with van der Waals surface area (Å²) in [4.78, 5) is 0. The molecule has 1 atom stereocenters. The predicted molar refractivity (Wildman–Crippen MR) is 52.4 cm³/mol. The second kappa shape index (κ2) is 3.85. The number of rotatable bonds is 3. The molecule has 1 aromatic carbocycles. The molecule has 1 unspecified atom stereocenters. The van der Waals surface area contributed by atoms with E-state index >= 15 is 0 Å². The van der Waals surface area contributed by atoms with Crippen LogP contribution in [0.5, 0.6) is 0 Å². The molecule has 0 aromatic heterocycles. The van der Waals surface area contributed by atoms with E-state index in [9.17, 15) is 8.78 Å². The predicted octanol–water partition coefficient (Wildman–Crippen LogP) is 3.52. The molecule has 0 radical (unpaired) electrons. The van der Waals surface area contributed by atoms with Gasteiger partial charge in [0.05, 0.1) is 0 Å². The molecule has 0 N–H and O–H groups in total. The van der Waals surface area contributed by atoms with Gasteiger partial charge < -0.3 is 0 Å². The first-order valence-electron chi connectivity index (χ1n) is 4.75. The van der Waals surface area contributed by atoms with Gasteiger partial charge >= 0.3 is 0 Å². The van der Waals surface area contributed by atoms with Crippen molar-refractivity contribution in [2.45, 2.75) is 24.6 Å². The summed E-state index contributed by atoms with van der Waals surface area (Å²) in [6.07, 6.45) is 2.96. The minimum atomic E-state index is -0.800. The van der Waals surface area contributed by atoms with Gasteiger partial charge in [-0.25, -0.2) is 8.78 Å². The van der Waals surface area contributed by atoms with E-state index in [4.69, 9.17) is 11.6 Å². The standard InChI is InChI=1S/C11H11ClF2/c12-9(8-2-3-8)5-7-1-4-10(13)11(14)6-7/h1,4,6,8-9H,2-3,5H2.